The standard InChI is InChI=1S/C8H15NO2/c1-5(2)7(9)8(10)11-6(3)4/h5-6,9H,1-4H3. The number of hydrogen-bond donors (Lipinski definition) is 1. The van der Waals surface area contributed by atoms with Crippen molar-refractivity contribution >= 4 is 11.7 Å². The van der Waals surface area contributed by atoms with Gasteiger partial charge in [0.15, 0.2) is 0 Å². The van der Waals surface area contributed by atoms with Crippen LogP contribution in [0.1, 0.15) is 27.7 Å². The molecule has 0 aliphatic carbocycles. The van der Waals surface area contributed by atoms with E-state index in [0.29, 0.717) is 0 Å². The fourth-order valence-electron chi connectivity index (χ4n) is 0.513. The highest BCUT2D eigenvalue weighted by Crippen LogP contribution is 1.99. The minimum atomic E-state index is -0.505. The zero-order valence-corrected chi connectivity index (χ0v) is 7.47. The maximum atomic E-state index is 10.9. The Morgan fingerprint density at radius 1 is 1.27 bits per heavy atom. The Kier molecular flexibility index (Phi) is 3.79. The van der Waals surface area contributed by atoms with E-state index in [1.807, 2.05) is 0 Å². The van der Waals surface area contributed by atoms with E-state index in [-0.39, 0.29) is 17.7 Å². The Labute approximate surface area is 67.3 Å². The smallest absolute Gasteiger partial charge is 0.352 e. The van der Waals surface area contributed by atoms with Crippen molar-refractivity contribution in [2.45, 2.75) is 33.8 Å². The molecule has 0 aliphatic rings. The van der Waals surface area contributed by atoms with Crippen molar-refractivity contribution in [3.05, 3.63) is 0 Å². The summed E-state index contributed by atoms with van der Waals surface area (Å²) in [5.74, 6) is -0.559. The molecule has 0 heterocycles. The zero-order valence-electron chi connectivity index (χ0n) is 7.47. The van der Waals surface area contributed by atoms with Gasteiger partial charge < -0.3 is 4.74 Å². The number of rotatable bonds is 3. The first-order valence-electron chi connectivity index (χ1n) is 3.74. The first-order chi connectivity index (χ1) is 4.95. The van der Waals surface area contributed by atoms with Crippen molar-refractivity contribution in [2.75, 3.05) is 0 Å². The van der Waals surface area contributed by atoms with Crippen LogP contribution in [0.5, 0.6) is 0 Å². The van der Waals surface area contributed by atoms with E-state index >= 15 is 0 Å². The molecule has 0 fully saturated rings. The second kappa shape index (κ2) is 4.11. The highest BCUT2D eigenvalue weighted by Gasteiger charge is 2.15. The largest absolute Gasteiger partial charge is 0.459 e. The number of esters is 1. The van der Waals surface area contributed by atoms with Gasteiger partial charge in [0.25, 0.3) is 0 Å². The molecule has 0 radical (unpaired) electrons. The minimum absolute atomic E-state index is 0.0405. The normalized spacial score (nSPS) is 10.4. The van der Waals surface area contributed by atoms with Crippen LogP contribution in [0, 0.1) is 11.3 Å². The summed E-state index contributed by atoms with van der Waals surface area (Å²) < 4.78 is 4.81. The molecule has 0 amide bonds. The third kappa shape index (κ3) is 3.75. The molecule has 3 heteroatoms. The highest BCUT2D eigenvalue weighted by molar-refractivity contribution is 6.35. The molecule has 0 unspecified atom stereocenters. The number of carbonyl (C=O) groups is 1. The Bertz CT molecular complexity index is 161. The molecule has 1 N–H and O–H groups in total. The van der Waals surface area contributed by atoms with Crippen LogP contribution in [-0.2, 0) is 9.53 Å². The molecule has 11 heavy (non-hydrogen) atoms. The third-order valence-corrected chi connectivity index (χ3v) is 1.14. The van der Waals surface area contributed by atoms with E-state index in [0.717, 1.165) is 0 Å². The van der Waals surface area contributed by atoms with Crippen LogP contribution >= 0.6 is 0 Å². The summed E-state index contributed by atoms with van der Waals surface area (Å²) in [5.41, 5.74) is 0.0405. The predicted molar refractivity (Wildman–Crippen MR) is 43.8 cm³/mol. The van der Waals surface area contributed by atoms with Crippen LogP contribution < -0.4 is 0 Å². The molecule has 64 valence electrons. The highest BCUT2D eigenvalue weighted by atomic mass is 16.5. The molecule has 0 aliphatic heterocycles. The number of hydrogen-bond acceptors (Lipinski definition) is 3. The lowest BCUT2D eigenvalue weighted by Gasteiger charge is -2.09. The van der Waals surface area contributed by atoms with E-state index in [1.165, 1.54) is 0 Å². The van der Waals surface area contributed by atoms with Gasteiger partial charge in [0.2, 0.25) is 0 Å². The Balaban J connectivity index is 3.94. The first-order valence-corrected chi connectivity index (χ1v) is 3.74. The third-order valence-electron chi connectivity index (χ3n) is 1.14. The Morgan fingerprint density at radius 3 is 2.00 bits per heavy atom. The molecular formula is C8H15NO2. The summed E-state index contributed by atoms with van der Waals surface area (Å²) in [6.45, 7) is 7.13. The minimum Gasteiger partial charge on any atom is -0.459 e. The molecule has 0 saturated heterocycles. The Morgan fingerprint density at radius 2 is 1.73 bits per heavy atom. The summed E-state index contributed by atoms with van der Waals surface area (Å²) in [5, 5.41) is 7.27. The molecule has 0 aromatic carbocycles. The van der Waals surface area contributed by atoms with E-state index in [1.54, 1.807) is 27.7 Å². The van der Waals surface area contributed by atoms with Crippen LogP contribution in [0.3, 0.4) is 0 Å². The average molecular weight is 157 g/mol. The van der Waals surface area contributed by atoms with Crippen molar-refractivity contribution in [3.8, 4) is 0 Å². The predicted octanol–water partition coefficient (Wildman–Crippen LogP) is 1.61. The van der Waals surface area contributed by atoms with Gasteiger partial charge in [-0.15, -0.1) is 0 Å². The lowest BCUT2D eigenvalue weighted by molar-refractivity contribution is -0.139. The van der Waals surface area contributed by atoms with Gasteiger partial charge in [0, 0.05) is 5.92 Å². The molecule has 0 aromatic heterocycles. The van der Waals surface area contributed by atoms with Gasteiger partial charge in [-0.25, -0.2) is 4.79 Å². The van der Waals surface area contributed by atoms with Crippen molar-refractivity contribution < 1.29 is 9.53 Å². The fraction of sp³-hybridized carbons (Fsp3) is 0.750. The van der Waals surface area contributed by atoms with Gasteiger partial charge in [0.05, 0.1) is 6.10 Å². The molecule has 3 nitrogen and oxygen atoms in total. The maximum absolute atomic E-state index is 10.9. The SMILES string of the molecule is CC(C)OC(=O)C(=N)C(C)C. The van der Waals surface area contributed by atoms with Gasteiger partial charge in [-0.3, -0.25) is 5.41 Å². The van der Waals surface area contributed by atoms with Crippen molar-refractivity contribution in [3.63, 3.8) is 0 Å². The lowest BCUT2D eigenvalue weighted by atomic mass is 10.1. The van der Waals surface area contributed by atoms with Crippen molar-refractivity contribution in [1.29, 1.82) is 5.41 Å². The molecule has 0 atom stereocenters. The number of carbonyl (C=O) groups excluding carboxylic acids is 1. The quantitative estimate of drug-likeness (QED) is 0.500. The monoisotopic (exact) mass is 157 g/mol. The summed E-state index contributed by atoms with van der Waals surface area (Å²) in [6.07, 6.45) is -0.137. The van der Waals surface area contributed by atoms with Gasteiger partial charge in [-0.2, -0.15) is 0 Å². The van der Waals surface area contributed by atoms with E-state index < -0.39 is 5.97 Å². The van der Waals surface area contributed by atoms with Gasteiger partial charge in [-0.1, -0.05) is 13.8 Å². The second-order valence-electron chi connectivity index (χ2n) is 3.02. The lowest BCUT2D eigenvalue weighted by Crippen LogP contribution is -2.24. The fourth-order valence-corrected chi connectivity index (χ4v) is 0.513. The molecule has 0 aromatic rings. The van der Waals surface area contributed by atoms with Gasteiger partial charge >= 0.3 is 5.97 Å². The van der Waals surface area contributed by atoms with Gasteiger partial charge in [-0.05, 0) is 13.8 Å². The summed E-state index contributed by atoms with van der Waals surface area (Å²) >= 11 is 0. The molecule has 0 spiro atoms. The van der Waals surface area contributed by atoms with Crippen LogP contribution in [0.2, 0.25) is 0 Å². The second-order valence-corrected chi connectivity index (χ2v) is 3.02. The zero-order chi connectivity index (χ0) is 9.02. The molecule has 0 bridgehead atoms. The summed E-state index contributed by atoms with van der Waals surface area (Å²) in [7, 11) is 0. The Hall–Kier alpha value is -0.860. The topological polar surface area (TPSA) is 50.2 Å². The van der Waals surface area contributed by atoms with E-state index in [2.05, 4.69) is 0 Å². The van der Waals surface area contributed by atoms with Gasteiger partial charge in [0.1, 0.15) is 5.71 Å². The van der Waals surface area contributed by atoms with Crippen molar-refractivity contribution in [1.82, 2.24) is 0 Å². The van der Waals surface area contributed by atoms with Crippen molar-refractivity contribution in [2.24, 2.45) is 5.92 Å². The average Bonchev–Trinajstić information content (AvgIpc) is 1.84. The summed E-state index contributed by atoms with van der Waals surface area (Å²) in [6, 6.07) is 0. The first kappa shape index (κ1) is 10.1. The number of ether oxygens (including phenoxy) is 1. The van der Waals surface area contributed by atoms with Crippen LogP contribution in [-0.4, -0.2) is 17.8 Å². The van der Waals surface area contributed by atoms with Crippen LogP contribution in [0.15, 0.2) is 0 Å². The molecule has 0 saturated carbocycles. The summed E-state index contributed by atoms with van der Waals surface area (Å²) in [4.78, 5) is 10.9. The van der Waals surface area contributed by atoms with E-state index in [9.17, 15) is 4.79 Å². The van der Waals surface area contributed by atoms with Crippen LogP contribution in [0.25, 0.3) is 0 Å². The maximum Gasteiger partial charge on any atom is 0.352 e. The van der Waals surface area contributed by atoms with Crippen LogP contribution in [0.4, 0.5) is 0 Å². The molecular weight excluding hydrogens is 142 g/mol. The van der Waals surface area contributed by atoms with E-state index in [4.69, 9.17) is 10.1 Å². The number of nitrogens with one attached hydrogen (secondary N) is 1. The molecule has 0 rings (SSSR count).